The van der Waals surface area contributed by atoms with Gasteiger partial charge in [0.25, 0.3) is 9.05 Å². The van der Waals surface area contributed by atoms with E-state index >= 15 is 0 Å². The van der Waals surface area contributed by atoms with E-state index < -0.39 is 14.0 Å². The first kappa shape index (κ1) is 10.4. The lowest BCUT2D eigenvalue weighted by Crippen LogP contribution is -2.05. The number of halogens is 1. The lowest BCUT2D eigenvalue weighted by Gasteiger charge is -1.94. The van der Waals surface area contributed by atoms with Crippen molar-refractivity contribution in [2.24, 2.45) is 4.99 Å². The highest BCUT2D eigenvalue weighted by Crippen LogP contribution is 2.09. The van der Waals surface area contributed by atoms with E-state index in [0.717, 1.165) is 0 Å². The van der Waals surface area contributed by atoms with Gasteiger partial charge in [-0.25, -0.2) is 13.2 Å². The minimum absolute atomic E-state index is 0.0509. The fourth-order valence-electron chi connectivity index (χ4n) is 0.402. The highest BCUT2D eigenvalue weighted by Gasteiger charge is 2.17. The summed E-state index contributed by atoms with van der Waals surface area (Å²) in [6.45, 7) is 1.36. The molecule has 0 heterocycles. The van der Waals surface area contributed by atoms with Crippen LogP contribution in [0.2, 0.25) is 0 Å². The van der Waals surface area contributed by atoms with E-state index in [0.29, 0.717) is 0 Å². The van der Waals surface area contributed by atoms with Gasteiger partial charge in [0, 0.05) is 17.7 Å². The fraction of sp³-hybridized carbons (Fsp3) is 0.400. The van der Waals surface area contributed by atoms with Crippen molar-refractivity contribution in [1.29, 1.82) is 0 Å². The molecule has 4 nitrogen and oxygen atoms in total. The van der Waals surface area contributed by atoms with Crippen molar-refractivity contribution in [2.45, 2.75) is 6.92 Å². The van der Waals surface area contributed by atoms with Gasteiger partial charge >= 0.3 is 0 Å². The normalized spacial score (nSPS) is 12.5. The van der Waals surface area contributed by atoms with Crippen molar-refractivity contribution in [2.75, 3.05) is 7.05 Å². The van der Waals surface area contributed by atoms with Crippen LogP contribution in [0.1, 0.15) is 6.92 Å². The van der Waals surface area contributed by atoms with Crippen molar-refractivity contribution in [3.8, 4) is 0 Å². The molecule has 0 aliphatic carbocycles. The molecular formula is C5H6ClNO3S. The average molecular weight is 196 g/mol. The Morgan fingerprint density at radius 2 is 2.00 bits per heavy atom. The fourth-order valence-corrected chi connectivity index (χ4v) is 1.37. The van der Waals surface area contributed by atoms with Gasteiger partial charge < -0.3 is 0 Å². The minimum atomic E-state index is -3.99. The molecule has 0 amide bonds. The molecule has 6 heteroatoms. The topological polar surface area (TPSA) is 63.6 Å². The summed E-state index contributed by atoms with van der Waals surface area (Å²) >= 11 is 0. The van der Waals surface area contributed by atoms with E-state index in [4.69, 9.17) is 10.7 Å². The van der Waals surface area contributed by atoms with Gasteiger partial charge in [0.15, 0.2) is 4.91 Å². The predicted molar refractivity (Wildman–Crippen MR) is 43.0 cm³/mol. The molecule has 0 aromatic carbocycles. The SMILES string of the molecule is CN=C(C)C(=C=O)S(=O)(=O)Cl. The van der Waals surface area contributed by atoms with E-state index in [9.17, 15) is 13.2 Å². The van der Waals surface area contributed by atoms with Crippen LogP contribution >= 0.6 is 10.7 Å². The predicted octanol–water partition coefficient (Wildman–Crippen LogP) is 0.361. The zero-order valence-corrected chi connectivity index (χ0v) is 7.53. The van der Waals surface area contributed by atoms with Crippen LogP contribution in [0.5, 0.6) is 0 Å². The van der Waals surface area contributed by atoms with Gasteiger partial charge in [-0.3, -0.25) is 4.99 Å². The standard InChI is InChI=1S/C5H6ClNO3S/c1-4(7-2)5(3-8)11(6,9)10/h1-2H3. The molecule has 0 aliphatic heterocycles. The number of aliphatic imine (C=N–C) groups is 1. The maximum atomic E-state index is 10.5. The number of hydrogen-bond acceptors (Lipinski definition) is 4. The third kappa shape index (κ3) is 2.84. The van der Waals surface area contributed by atoms with Gasteiger partial charge in [-0.15, -0.1) is 0 Å². The average Bonchev–Trinajstić information content (AvgIpc) is 1.86. The van der Waals surface area contributed by atoms with E-state index in [1.807, 2.05) is 0 Å². The summed E-state index contributed by atoms with van der Waals surface area (Å²) in [5.74, 6) is 1.21. The van der Waals surface area contributed by atoms with Gasteiger partial charge in [0.1, 0.15) is 5.94 Å². The molecule has 0 aliphatic rings. The molecule has 11 heavy (non-hydrogen) atoms. The van der Waals surface area contributed by atoms with Crippen LogP contribution in [0, 0.1) is 0 Å². The lowest BCUT2D eigenvalue weighted by atomic mass is 10.4. The van der Waals surface area contributed by atoms with Gasteiger partial charge in [0.05, 0.1) is 5.71 Å². The van der Waals surface area contributed by atoms with Crippen LogP contribution in [0.15, 0.2) is 9.90 Å². The molecule has 0 unspecified atom stereocenters. The van der Waals surface area contributed by atoms with Crippen LogP contribution in [-0.4, -0.2) is 27.1 Å². The van der Waals surface area contributed by atoms with Crippen molar-refractivity contribution in [1.82, 2.24) is 0 Å². The molecule has 62 valence electrons. The second-order valence-corrected chi connectivity index (χ2v) is 4.18. The highest BCUT2D eigenvalue weighted by atomic mass is 35.7. The number of rotatable bonds is 2. The molecule has 0 rings (SSSR count). The second kappa shape index (κ2) is 3.67. The molecule has 0 bridgehead atoms. The van der Waals surface area contributed by atoms with Crippen LogP contribution in [0.3, 0.4) is 0 Å². The third-order valence-electron chi connectivity index (χ3n) is 1.00. The van der Waals surface area contributed by atoms with E-state index in [1.54, 1.807) is 0 Å². The Labute approximate surface area is 69.0 Å². The van der Waals surface area contributed by atoms with Crippen molar-refractivity contribution < 1.29 is 13.2 Å². The number of hydrogen-bond donors (Lipinski definition) is 0. The maximum Gasteiger partial charge on any atom is 0.273 e. The Morgan fingerprint density at radius 1 is 1.55 bits per heavy atom. The van der Waals surface area contributed by atoms with Crippen LogP contribution in [0.25, 0.3) is 0 Å². The highest BCUT2D eigenvalue weighted by molar-refractivity contribution is 8.17. The van der Waals surface area contributed by atoms with Gasteiger partial charge in [0.2, 0.25) is 0 Å². The summed E-state index contributed by atoms with van der Waals surface area (Å²) in [7, 11) is 2.23. The summed E-state index contributed by atoms with van der Waals surface area (Å²) in [5.41, 5.74) is 0.0509. The molecule has 0 aromatic heterocycles. The van der Waals surface area contributed by atoms with Crippen LogP contribution in [-0.2, 0) is 13.8 Å². The Balaban J connectivity index is 5.24. The quantitative estimate of drug-likeness (QED) is 0.363. The molecule has 0 N–H and O–H groups in total. The second-order valence-electron chi connectivity index (χ2n) is 1.68. The summed E-state index contributed by atoms with van der Waals surface area (Å²) in [5, 5.41) is 0. The molecular weight excluding hydrogens is 190 g/mol. The van der Waals surface area contributed by atoms with Crippen molar-refractivity contribution >= 4 is 31.4 Å². The zero-order valence-electron chi connectivity index (χ0n) is 5.96. The number of allylic oxidation sites excluding steroid dienone is 1. The van der Waals surface area contributed by atoms with E-state index in [1.165, 1.54) is 19.9 Å². The van der Waals surface area contributed by atoms with E-state index in [2.05, 4.69) is 4.99 Å². The van der Waals surface area contributed by atoms with E-state index in [-0.39, 0.29) is 5.71 Å². The Kier molecular flexibility index (Phi) is 3.45. The molecule has 0 atom stereocenters. The molecule has 0 fully saturated rings. The van der Waals surface area contributed by atoms with Gasteiger partial charge in [-0.2, -0.15) is 0 Å². The van der Waals surface area contributed by atoms with Crippen LogP contribution < -0.4 is 0 Å². The summed E-state index contributed by atoms with van der Waals surface area (Å²) in [6, 6.07) is 0. The van der Waals surface area contributed by atoms with Crippen LogP contribution in [0.4, 0.5) is 0 Å². The van der Waals surface area contributed by atoms with Crippen molar-refractivity contribution in [3.05, 3.63) is 4.91 Å². The maximum absolute atomic E-state index is 10.5. The van der Waals surface area contributed by atoms with Crippen molar-refractivity contribution in [3.63, 3.8) is 0 Å². The molecule has 0 aromatic rings. The Bertz CT molecular complexity index is 324. The largest absolute Gasteiger partial charge is 0.291 e. The monoisotopic (exact) mass is 195 g/mol. The van der Waals surface area contributed by atoms with Gasteiger partial charge in [-0.05, 0) is 6.92 Å². The first-order valence-electron chi connectivity index (χ1n) is 2.57. The first-order valence-corrected chi connectivity index (χ1v) is 4.88. The Hall–Kier alpha value is -0.640. The number of nitrogens with zero attached hydrogens (tertiary/aromatic N) is 1. The molecule has 0 saturated heterocycles. The zero-order chi connectivity index (χ0) is 9.07. The van der Waals surface area contributed by atoms with Gasteiger partial charge in [-0.1, -0.05) is 0 Å². The minimum Gasteiger partial charge on any atom is -0.291 e. The number of carbonyl (C=O) groups excluding carboxylic acids is 1. The summed E-state index contributed by atoms with van der Waals surface area (Å²) < 4.78 is 21.1. The summed E-state index contributed by atoms with van der Waals surface area (Å²) in [4.78, 5) is 12.9. The smallest absolute Gasteiger partial charge is 0.273 e. The molecule has 0 saturated carbocycles. The summed E-state index contributed by atoms with van der Waals surface area (Å²) in [6.07, 6.45) is 0. The first-order chi connectivity index (χ1) is 4.93. The Morgan fingerprint density at radius 3 is 2.09 bits per heavy atom. The third-order valence-corrected chi connectivity index (χ3v) is 2.33. The molecule has 0 radical (unpaired) electrons. The lowest BCUT2D eigenvalue weighted by molar-refractivity contribution is 0.568. The molecule has 0 spiro atoms.